The van der Waals surface area contributed by atoms with E-state index in [4.69, 9.17) is 0 Å². The Morgan fingerprint density at radius 3 is 1.24 bits per heavy atom. The van der Waals surface area contributed by atoms with Gasteiger partial charge in [-0.15, -0.1) is 0 Å². The minimum atomic E-state index is 0.570. The number of nitrogens with zero attached hydrogens (tertiary/aromatic N) is 2. The van der Waals surface area contributed by atoms with Gasteiger partial charge in [0.05, 0.1) is 12.6 Å². The standard InChI is InChI=1S/C35H69N2/c1-5-7-9-11-13-15-16-17-18-19-20-21-23-25-27-29-31-36-32-33-37(34(3)4)35(36)30-28-26-24-22-14-12-10-8-6-2/h32-34H,5-31H2,1-4H3/q+1. The zero-order chi connectivity index (χ0) is 26.8. The first kappa shape index (κ1) is 34.2. The second-order valence-corrected chi connectivity index (χ2v) is 12.3. The van der Waals surface area contributed by atoms with Crippen molar-refractivity contribution in [3.8, 4) is 0 Å². The van der Waals surface area contributed by atoms with Gasteiger partial charge in [0, 0.05) is 6.42 Å². The van der Waals surface area contributed by atoms with Gasteiger partial charge in [0.25, 0.3) is 5.82 Å². The van der Waals surface area contributed by atoms with Crippen LogP contribution in [-0.2, 0) is 13.0 Å². The summed E-state index contributed by atoms with van der Waals surface area (Å²) in [5.74, 6) is 1.57. The van der Waals surface area contributed by atoms with Gasteiger partial charge in [0.1, 0.15) is 12.4 Å². The number of hydrogen-bond acceptors (Lipinski definition) is 0. The highest BCUT2D eigenvalue weighted by Crippen LogP contribution is 2.15. The third-order valence-corrected chi connectivity index (χ3v) is 8.35. The van der Waals surface area contributed by atoms with Gasteiger partial charge < -0.3 is 0 Å². The van der Waals surface area contributed by atoms with E-state index in [0.29, 0.717) is 6.04 Å². The molecule has 0 atom stereocenters. The van der Waals surface area contributed by atoms with E-state index in [2.05, 4.69) is 49.2 Å². The van der Waals surface area contributed by atoms with Crippen LogP contribution in [0.4, 0.5) is 0 Å². The number of hydrogen-bond donors (Lipinski definition) is 0. The summed E-state index contributed by atoms with van der Waals surface area (Å²) in [7, 11) is 0. The van der Waals surface area contributed by atoms with Crippen molar-refractivity contribution in [2.45, 2.75) is 207 Å². The molecule has 0 N–H and O–H groups in total. The minimum absolute atomic E-state index is 0.570. The Hall–Kier alpha value is -0.790. The predicted molar refractivity (Wildman–Crippen MR) is 165 cm³/mol. The van der Waals surface area contributed by atoms with Gasteiger partial charge in [-0.1, -0.05) is 155 Å². The summed E-state index contributed by atoms with van der Waals surface area (Å²) in [6, 6.07) is 0.570. The van der Waals surface area contributed by atoms with E-state index >= 15 is 0 Å². The molecule has 1 rings (SSSR count). The third-order valence-electron chi connectivity index (χ3n) is 8.35. The van der Waals surface area contributed by atoms with Crippen LogP contribution in [0.5, 0.6) is 0 Å². The Balaban J connectivity index is 2.05. The molecule has 0 spiro atoms. The Morgan fingerprint density at radius 1 is 0.514 bits per heavy atom. The maximum absolute atomic E-state index is 2.58. The lowest BCUT2D eigenvalue weighted by molar-refractivity contribution is -0.704. The third kappa shape index (κ3) is 19.0. The molecule has 0 unspecified atom stereocenters. The van der Waals surface area contributed by atoms with E-state index in [1.165, 1.54) is 173 Å². The average molecular weight is 518 g/mol. The van der Waals surface area contributed by atoms with Crippen LogP contribution in [0.2, 0.25) is 0 Å². The van der Waals surface area contributed by atoms with Crippen LogP contribution in [-0.4, -0.2) is 4.57 Å². The van der Waals surface area contributed by atoms with Gasteiger partial charge >= 0.3 is 0 Å². The van der Waals surface area contributed by atoms with Gasteiger partial charge in [-0.3, -0.25) is 0 Å². The molecule has 2 nitrogen and oxygen atoms in total. The van der Waals surface area contributed by atoms with Crippen molar-refractivity contribution in [2.24, 2.45) is 0 Å². The molecule has 1 heterocycles. The summed E-state index contributed by atoms with van der Waals surface area (Å²) in [6.45, 7) is 10.5. The first-order valence-electron chi connectivity index (χ1n) is 17.3. The molecule has 0 aliphatic carbocycles. The number of aryl methyl sites for hydroxylation is 1. The Morgan fingerprint density at radius 2 is 0.865 bits per heavy atom. The van der Waals surface area contributed by atoms with Crippen LogP contribution in [0.3, 0.4) is 0 Å². The fourth-order valence-corrected chi connectivity index (χ4v) is 5.84. The van der Waals surface area contributed by atoms with E-state index in [0.717, 1.165) is 0 Å². The molecule has 37 heavy (non-hydrogen) atoms. The van der Waals surface area contributed by atoms with Crippen molar-refractivity contribution in [3.63, 3.8) is 0 Å². The first-order valence-corrected chi connectivity index (χ1v) is 17.3. The lowest BCUT2D eigenvalue weighted by Gasteiger charge is -2.08. The van der Waals surface area contributed by atoms with Crippen LogP contribution in [0, 0.1) is 0 Å². The molecular weight excluding hydrogens is 448 g/mol. The van der Waals surface area contributed by atoms with E-state index in [-0.39, 0.29) is 0 Å². The van der Waals surface area contributed by atoms with Gasteiger partial charge in [-0.2, -0.15) is 0 Å². The molecule has 0 bridgehead atoms. The second kappa shape index (κ2) is 25.5. The molecule has 0 saturated heterocycles. The molecule has 0 aliphatic heterocycles. The highest BCUT2D eigenvalue weighted by atomic mass is 15.2. The van der Waals surface area contributed by atoms with E-state index in [1.54, 1.807) is 5.82 Å². The van der Waals surface area contributed by atoms with E-state index in [1.807, 2.05) is 0 Å². The van der Waals surface area contributed by atoms with Gasteiger partial charge in [-0.25, -0.2) is 9.13 Å². The summed E-state index contributed by atoms with van der Waals surface area (Å²) >= 11 is 0. The van der Waals surface area contributed by atoms with Crippen molar-refractivity contribution in [2.75, 3.05) is 0 Å². The summed E-state index contributed by atoms with van der Waals surface area (Å²) in [6.07, 6.45) is 41.8. The lowest BCUT2D eigenvalue weighted by atomic mass is 10.0. The minimum Gasteiger partial charge on any atom is -0.234 e. The maximum atomic E-state index is 2.58. The maximum Gasteiger partial charge on any atom is 0.256 e. The molecule has 0 aliphatic rings. The van der Waals surface area contributed by atoms with E-state index in [9.17, 15) is 0 Å². The molecular formula is C35H69N2+. The van der Waals surface area contributed by atoms with Gasteiger partial charge in [-0.05, 0) is 33.1 Å². The van der Waals surface area contributed by atoms with Crippen LogP contribution < -0.4 is 4.57 Å². The highest BCUT2D eigenvalue weighted by Gasteiger charge is 2.18. The predicted octanol–water partition coefficient (Wildman–Crippen LogP) is 11.7. The van der Waals surface area contributed by atoms with Crippen molar-refractivity contribution in [1.29, 1.82) is 0 Å². The molecule has 1 aromatic heterocycles. The molecule has 0 amide bonds. The van der Waals surface area contributed by atoms with Crippen molar-refractivity contribution < 1.29 is 4.57 Å². The quantitative estimate of drug-likeness (QED) is 0.0771. The first-order chi connectivity index (χ1) is 18.2. The summed E-state index contributed by atoms with van der Waals surface area (Å²) in [5, 5.41) is 0. The zero-order valence-electron chi connectivity index (χ0n) is 26.2. The average Bonchev–Trinajstić information content (AvgIpc) is 3.30. The fourth-order valence-electron chi connectivity index (χ4n) is 5.84. The molecule has 0 radical (unpaired) electrons. The summed E-state index contributed by atoms with van der Waals surface area (Å²) in [5.41, 5.74) is 0. The van der Waals surface area contributed by atoms with Gasteiger partial charge in [0.2, 0.25) is 0 Å². The van der Waals surface area contributed by atoms with Crippen LogP contribution in [0.25, 0.3) is 0 Å². The Labute approximate surface area is 234 Å². The number of aromatic nitrogens is 2. The van der Waals surface area contributed by atoms with Crippen LogP contribution in [0.15, 0.2) is 12.4 Å². The molecule has 0 saturated carbocycles. The van der Waals surface area contributed by atoms with Crippen LogP contribution >= 0.6 is 0 Å². The molecule has 0 fully saturated rings. The van der Waals surface area contributed by atoms with E-state index < -0.39 is 0 Å². The summed E-state index contributed by atoms with van der Waals surface area (Å²) in [4.78, 5) is 0. The highest BCUT2D eigenvalue weighted by molar-refractivity contribution is 4.86. The largest absolute Gasteiger partial charge is 0.256 e. The SMILES string of the molecule is CCCCCCCCCCCCCCCCCC[n+]1ccn(C(C)C)c1CCCCCCCCCCC. The smallest absolute Gasteiger partial charge is 0.234 e. The number of rotatable bonds is 28. The Kier molecular flexibility index (Phi) is 23.6. The second-order valence-electron chi connectivity index (χ2n) is 12.3. The zero-order valence-corrected chi connectivity index (χ0v) is 26.2. The molecule has 218 valence electrons. The fraction of sp³-hybridized carbons (Fsp3) is 0.914. The Bertz CT molecular complexity index is 588. The molecule has 2 heteroatoms. The van der Waals surface area contributed by atoms with Gasteiger partial charge in [0.15, 0.2) is 0 Å². The number of unbranched alkanes of at least 4 members (excludes halogenated alkanes) is 23. The van der Waals surface area contributed by atoms with Crippen molar-refractivity contribution in [3.05, 3.63) is 18.2 Å². The molecule has 1 aromatic rings. The van der Waals surface area contributed by atoms with Crippen LogP contribution in [0.1, 0.15) is 200 Å². The topological polar surface area (TPSA) is 8.81 Å². The van der Waals surface area contributed by atoms with Crippen molar-refractivity contribution >= 4 is 0 Å². The molecule has 0 aromatic carbocycles. The normalized spacial score (nSPS) is 11.7. The summed E-state index contributed by atoms with van der Waals surface area (Å²) < 4.78 is 5.10. The lowest BCUT2D eigenvalue weighted by Crippen LogP contribution is -2.37. The van der Waals surface area contributed by atoms with Crippen molar-refractivity contribution in [1.82, 2.24) is 4.57 Å². The number of imidazole rings is 1. The monoisotopic (exact) mass is 518 g/mol.